The number of benzene rings is 1. The Morgan fingerprint density at radius 3 is 2.65 bits per heavy atom. The summed E-state index contributed by atoms with van der Waals surface area (Å²) in [4.78, 5) is 11.6. The van der Waals surface area contributed by atoms with E-state index in [0.29, 0.717) is 5.75 Å². The third-order valence-corrected chi connectivity index (χ3v) is 3.23. The molecule has 1 aromatic rings. The van der Waals surface area contributed by atoms with Gasteiger partial charge in [-0.05, 0) is 17.7 Å². The lowest BCUT2D eigenvalue weighted by atomic mass is 10.1. The third-order valence-electron chi connectivity index (χ3n) is 2.29. The molecule has 0 radical (unpaired) electrons. The van der Waals surface area contributed by atoms with Gasteiger partial charge in [0, 0.05) is 19.1 Å². The third kappa shape index (κ3) is 5.49. The standard InChI is InChI=1S/C12H16O4S/c1-16-12-5-3-4-10(9-12)8-11(13)6-7-17(2,14)15/h3-5,9H,6-8H2,1-2H3. The monoisotopic (exact) mass is 256 g/mol. The largest absolute Gasteiger partial charge is 0.497 e. The summed E-state index contributed by atoms with van der Waals surface area (Å²) in [5.41, 5.74) is 0.836. The summed E-state index contributed by atoms with van der Waals surface area (Å²) in [6.45, 7) is 0. The quantitative estimate of drug-likeness (QED) is 0.768. The Hall–Kier alpha value is -1.36. The van der Waals surface area contributed by atoms with Gasteiger partial charge >= 0.3 is 0 Å². The molecule has 5 heteroatoms. The molecule has 0 aliphatic rings. The molecule has 0 aromatic heterocycles. The molecule has 0 aliphatic carbocycles. The maximum Gasteiger partial charge on any atom is 0.147 e. The van der Waals surface area contributed by atoms with Crippen molar-refractivity contribution < 1.29 is 17.9 Å². The predicted molar refractivity (Wildman–Crippen MR) is 66.0 cm³/mol. The van der Waals surface area contributed by atoms with Crippen LogP contribution in [0, 0.1) is 0 Å². The number of hydrogen-bond acceptors (Lipinski definition) is 4. The zero-order valence-corrected chi connectivity index (χ0v) is 10.8. The summed E-state index contributed by atoms with van der Waals surface area (Å²) in [5.74, 6) is 0.526. The molecule has 0 bridgehead atoms. The van der Waals surface area contributed by atoms with Gasteiger partial charge in [-0.2, -0.15) is 0 Å². The van der Waals surface area contributed by atoms with Crippen LogP contribution in [0.1, 0.15) is 12.0 Å². The molecule has 0 N–H and O–H groups in total. The van der Waals surface area contributed by atoms with E-state index in [1.807, 2.05) is 6.07 Å². The van der Waals surface area contributed by atoms with Gasteiger partial charge in [-0.15, -0.1) is 0 Å². The van der Waals surface area contributed by atoms with Crippen LogP contribution in [-0.4, -0.2) is 33.3 Å². The molecule has 94 valence electrons. The Balaban J connectivity index is 2.56. The Morgan fingerprint density at radius 1 is 1.35 bits per heavy atom. The Labute approximate surface area is 102 Å². The summed E-state index contributed by atoms with van der Waals surface area (Å²) in [5, 5.41) is 0. The summed E-state index contributed by atoms with van der Waals surface area (Å²) < 4.78 is 26.9. The Bertz CT molecular complexity index is 491. The molecule has 17 heavy (non-hydrogen) atoms. The highest BCUT2D eigenvalue weighted by molar-refractivity contribution is 7.90. The van der Waals surface area contributed by atoms with Crippen molar-refractivity contribution in [1.82, 2.24) is 0 Å². The fourth-order valence-electron chi connectivity index (χ4n) is 1.40. The van der Waals surface area contributed by atoms with Crippen molar-refractivity contribution in [3.63, 3.8) is 0 Å². The van der Waals surface area contributed by atoms with Gasteiger partial charge in [0.1, 0.15) is 21.4 Å². The maximum absolute atomic E-state index is 11.6. The number of ketones is 1. The molecular formula is C12H16O4S. The Morgan fingerprint density at radius 2 is 2.06 bits per heavy atom. The number of Topliss-reactive ketones (excluding diaryl/α,β-unsaturated/α-hetero) is 1. The molecule has 0 unspecified atom stereocenters. The van der Waals surface area contributed by atoms with Crippen LogP contribution in [0.15, 0.2) is 24.3 Å². The average Bonchev–Trinajstić information content (AvgIpc) is 2.26. The van der Waals surface area contributed by atoms with Gasteiger partial charge in [-0.3, -0.25) is 4.79 Å². The highest BCUT2D eigenvalue weighted by Gasteiger charge is 2.09. The van der Waals surface area contributed by atoms with Crippen LogP contribution in [0.4, 0.5) is 0 Å². The molecule has 0 aliphatic heterocycles. The van der Waals surface area contributed by atoms with Gasteiger partial charge < -0.3 is 4.74 Å². The molecule has 0 amide bonds. The van der Waals surface area contributed by atoms with E-state index in [4.69, 9.17) is 4.74 Å². The second-order valence-electron chi connectivity index (χ2n) is 3.95. The van der Waals surface area contributed by atoms with Gasteiger partial charge in [0.25, 0.3) is 0 Å². The SMILES string of the molecule is COc1cccc(CC(=O)CCS(C)(=O)=O)c1. The number of rotatable bonds is 6. The molecule has 1 rings (SSSR count). The first-order valence-corrected chi connectivity index (χ1v) is 7.29. The van der Waals surface area contributed by atoms with Crippen molar-refractivity contribution in [3.8, 4) is 5.75 Å². The van der Waals surface area contributed by atoms with E-state index in [1.54, 1.807) is 25.3 Å². The van der Waals surface area contributed by atoms with Gasteiger partial charge in [0.2, 0.25) is 0 Å². The van der Waals surface area contributed by atoms with E-state index in [2.05, 4.69) is 0 Å². The van der Waals surface area contributed by atoms with Crippen molar-refractivity contribution >= 4 is 15.6 Å². The van der Waals surface area contributed by atoms with E-state index >= 15 is 0 Å². The van der Waals surface area contributed by atoms with E-state index < -0.39 is 9.84 Å². The van der Waals surface area contributed by atoms with E-state index in [-0.39, 0.29) is 24.4 Å². The Kier molecular flexibility index (Phi) is 4.69. The molecule has 0 atom stereocenters. The van der Waals surface area contributed by atoms with E-state index in [1.165, 1.54) is 0 Å². The van der Waals surface area contributed by atoms with Crippen LogP contribution in [0.2, 0.25) is 0 Å². The molecule has 4 nitrogen and oxygen atoms in total. The summed E-state index contributed by atoms with van der Waals surface area (Å²) in [6.07, 6.45) is 1.44. The predicted octanol–water partition coefficient (Wildman–Crippen LogP) is 1.24. The lowest BCUT2D eigenvalue weighted by Crippen LogP contribution is -2.11. The molecule has 0 saturated carbocycles. The van der Waals surface area contributed by atoms with Crippen molar-refractivity contribution in [2.75, 3.05) is 19.1 Å². The van der Waals surface area contributed by atoms with Gasteiger partial charge in [0.15, 0.2) is 0 Å². The molecule has 0 heterocycles. The summed E-state index contributed by atoms with van der Waals surface area (Å²) >= 11 is 0. The second kappa shape index (κ2) is 5.82. The average molecular weight is 256 g/mol. The van der Waals surface area contributed by atoms with Crippen LogP contribution in [0.5, 0.6) is 5.75 Å². The molecule has 0 spiro atoms. The number of ether oxygens (including phenoxy) is 1. The highest BCUT2D eigenvalue weighted by Crippen LogP contribution is 2.13. The van der Waals surface area contributed by atoms with E-state index in [0.717, 1.165) is 11.8 Å². The normalized spacial score (nSPS) is 11.2. The van der Waals surface area contributed by atoms with Crippen molar-refractivity contribution in [2.24, 2.45) is 0 Å². The maximum atomic E-state index is 11.6. The zero-order valence-electron chi connectivity index (χ0n) is 9.97. The molecule has 0 saturated heterocycles. The van der Waals surface area contributed by atoms with Crippen LogP contribution < -0.4 is 4.74 Å². The zero-order chi connectivity index (χ0) is 12.9. The number of carbonyl (C=O) groups excluding carboxylic acids is 1. The first-order chi connectivity index (χ1) is 7.90. The lowest BCUT2D eigenvalue weighted by molar-refractivity contribution is -0.118. The fraction of sp³-hybridized carbons (Fsp3) is 0.417. The number of methoxy groups -OCH3 is 1. The molecular weight excluding hydrogens is 240 g/mol. The van der Waals surface area contributed by atoms with Crippen molar-refractivity contribution in [3.05, 3.63) is 29.8 Å². The smallest absolute Gasteiger partial charge is 0.147 e. The number of hydrogen-bond donors (Lipinski definition) is 0. The first kappa shape index (κ1) is 13.7. The highest BCUT2D eigenvalue weighted by atomic mass is 32.2. The minimum absolute atomic E-state index is 0.0655. The topological polar surface area (TPSA) is 60.4 Å². The number of sulfone groups is 1. The molecule has 1 aromatic carbocycles. The van der Waals surface area contributed by atoms with Gasteiger partial charge in [-0.25, -0.2) is 8.42 Å². The van der Waals surface area contributed by atoms with Gasteiger partial charge in [-0.1, -0.05) is 12.1 Å². The van der Waals surface area contributed by atoms with Crippen molar-refractivity contribution in [1.29, 1.82) is 0 Å². The van der Waals surface area contributed by atoms with Crippen LogP contribution in [0.3, 0.4) is 0 Å². The first-order valence-electron chi connectivity index (χ1n) is 5.23. The second-order valence-corrected chi connectivity index (χ2v) is 6.21. The fourth-order valence-corrected chi connectivity index (χ4v) is 2.00. The van der Waals surface area contributed by atoms with Crippen molar-refractivity contribution in [2.45, 2.75) is 12.8 Å². The minimum Gasteiger partial charge on any atom is -0.497 e. The van der Waals surface area contributed by atoms with Crippen LogP contribution in [0.25, 0.3) is 0 Å². The lowest BCUT2D eigenvalue weighted by Gasteiger charge is -2.03. The summed E-state index contributed by atoms with van der Waals surface area (Å²) in [7, 11) is -1.51. The number of carbonyl (C=O) groups is 1. The minimum atomic E-state index is -3.07. The van der Waals surface area contributed by atoms with Crippen LogP contribution in [-0.2, 0) is 21.1 Å². The summed E-state index contributed by atoms with van der Waals surface area (Å²) in [6, 6.07) is 7.20. The van der Waals surface area contributed by atoms with Gasteiger partial charge in [0.05, 0.1) is 12.9 Å². The van der Waals surface area contributed by atoms with Crippen LogP contribution >= 0.6 is 0 Å². The molecule has 0 fully saturated rings. The van der Waals surface area contributed by atoms with E-state index in [9.17, 15) is 13.2 Å².